The van der Waals surface area contributed by atoms with Gasteiger partial charge in [0.25, 0.3) is 0 Å². The van der Waals surface area contributed by atoms with Gasteiger partial charge >= 0.3 is 12.1 Å². The summed E-state index contributed by atoms with van der Waals surface area (Å²) >= 11 is 0. The molecule has 348 valence electrons. The molecule has 1 amide bonds. The van der Waals surface area contributed by atoms with Crippen LogP contribution in [0.3, 0.4) is 0 Å². The van der Waals surface area contributed by atoms with Crippen molar-refractivity contribution in [3.05, 3.63) is 154 Å². The SMILES string of the molecule is [N-]=[N+]=N[C@H]1[C@@H](O[C@H]2[C@H](OCc3ccccc3)[C@@H](O)[C@H](OCCCCCN(Cc3ccccc3)C(=O)OCc3ccc(CO)cc3)O[C@H]2C(=O)O)O[C@H](CO)[C@@H](O)[C@@H]1OCc1ccccc1. The molecule has 0 bridgehead atoms. The summed E-state index contributed by atoms with van der Waals surface area (Å²) in [6.07, 6.45) is -12.5. The van der Waals surface area contributed by atoms with Gasteiger partial charge in [-0.25, -0.2) is 9.59 Å². The molecule has 6 rings (SSSR count). The summed E-state index contributed by atoms with van der Waals surface area (Å²) in [5, 5.41) is 56.8. The Morgan fingerprint density at radius 1 is 0.662 bits per heavy atom. The lowest BCUT2D eigenvalue weighted by molar-refractivity contribution is -0.346. The molecule has 2 aliphatic rings. The number of amides is 1. The molecule has 4 aromatic rings. The molecule has 18 heteroatoms. The molecule has 0 aromatic heterocycles. The molecule has 65 heavy (non-hydrogen) atoms. The first-order valence-electron chi connectivity index (χ1n) is 21.5. The van der Waals surface area contributed by atoms with Crippen molar-refractivity contribution < 1.29 is 68.3 Å². The molecular formula is C47H56N4O14. The fourth-order valence-corrected chi connectivity index (χ4v) is 7.53. The number of carbonyl (C=O) groups is 2. The molecule has 0 aliphatic carbocycles. The number of aliphatic hydroxyl groups is 4. The average molecular weight is 901 g/mol. The van der Waals surface area contributed by atoms with Crippen molar-refractivity contribution in [2.45, 2.75) is 114 Å². The van der Waals surface area contributed by atoms with Crippen molar-refractivity contribution in [2.24, 2.45) is 5.11 Å². The van der Waals surface area contributed by atoms with Gasteiger partial charge in [-0.05, 0) is 52.6 Å². The van der Waals surface area contributed by atoms with E-state index in [0.29, 0.717) is 37.9 Å². The highest BCUT2D eigenvalue weighted by molar-refractivity contribution is 5.73. The summed E-state index contributed by atoms with van der Waals surface area (Å²) in [5.74, 6) is -1.48. The molecular weight excluding hydrogens is 845 g/mol. The van der Waals surface area contributed by atoms with E-state index in [1.165, 1.54) is 0 Å². The molecule has 2 fully saturated rings. The van der Waals surface area contributed by atoms with Gasteiger partial charge in [-0.2, -0.15) is 0 Å². The van der Waals surface area contributed by atoms with Crippen LogP contribution in [0.5, 0.6) is 0 Å². The lowest BCUT2D eigenvalue weighted by Crippen LogP contribution is -2.65. The standard InChI is InChI=1S/C47H56N4O14/c48-50-49-37-40(60-28-33-15-7-2-8-16-33)38(54)36(27-53)63-45(37)64-42-41(61-29-34-17-9-3-10-18-34)39(55)46(65-43(42)44(56)57)59-24-12-4-11-23-51(25-31-13-5-1-6-14-31)47(58)62-30-35-21-19-32(26-52)20-22-35/h1-3,5-10,13-22,36-43,45-46,52-55H,4,11-12,23-30H2,(H,56,57)/t36-,37-,38-,39-,40-,41-,42+,43-,45-,46-/m1/s1. The summed E-state index contributed by atoms with van der Waals surface area (Å²) in [6, 6.07) is 33.2. The molecule has 0 saturated carbocycles. The zero-order valence-electron chi connectivity index (χ0n) is 35.7. The molecule has 10 atom stereocenters. The van der Waals surface area contributed by atoms with E-state index < -0.39 is 80.0 Å². The van der Waals surface area contributed by atoms with Gasteiger partial charge in [0.2, 0.25) is 0 Å². The fourth-order valence-electron chi connectivity index (χ4n) is 7.53. The third-order valence-electron chi connectivity index (χ3n) is 11.0. The molecule has 5 N–H and O–H groups in total. The van der Waals surface area contributed by atoms with Gasteiger partial charge < -0.3 is 63.6 Å². The number of unbranched alkanes of at least 4 members (excludes halogenated alkanes) is 2. The van der Waals surface area contributed by atoms with Crippen LogP contribution < -0.4 is 0 Å². The van der Waals surface area contributed by atoms with Gasteiger partial charge in [-0.1, -0.05) is 120 Å². The number of hydrogen-bond donors (Lipinski definition) is 5. The van der Waals surface area contributed by atoms with Crippen LogP contribution in [-0.2, 0) is 70.9 Å². The molecule has 2 heterocycles. The zero-order valence-corrected chi connectivity index (χ0v) is 35.7. The highest BCUT2D eigenvalue weighted by atomic mass is 16.7. The van der Waals surface area contributed by atoms with Gasteiger partial charge in [0, 0.05) is 24.6 Å². The lowest BCUT2D eigenvalue weighted by Gasteiger charge is -2.47. The fraction of sp³-hybridized carbons (Fsp3) is 0.447. The number of azide groups is 1. The van der Waals surface area contributed by atoms with Crippen LogP contribution in [0.1, 0.15) is 47.1 Å². The second-order valence-electron chi connectivity index (χ2n) is 15.7. The number of carboxylic acid groups (broad SMARTS) is 1. The van der Waals surface area contributed by atoms with Gasteiger partial charge in [-0.15, -0.1) is 0 Å². The second-order valence-corrected chi connectivity index (χ2v) is 15.7. The highest BCUT2D eigenvalue weighted by Crippen LogP contribution is 2.34. The predicted octanol–water partition coefficient (Wildman–Crippen LogP) is 4.99. The van der Waals surface area contributed by atoms with Crippen LogP contribution in [0.15, 0.2) is 120 Å². The van der Waals surface area contributed by atoms with Crippen molar-refractivity contribution in [1.82, 2.24) is 4.90 Å². The first-order chi connectivity index (χ1) is 31.7. The van der Waals surface area contributed by atoms with Gasteiger partial charge in [-0.3, -0.25) is 0 Å². The maximum atomic E-state index is 13.3. The molecule has 2 aliphatic heterocycles. The molecule has 18 nitrogen and oxygen atoms in total. The van der Waals surface area contributed by atoms with Gasteiger partial charge in [0.05, 0.1) is 32.5 Å². The van der Waals surface area contributed by atoms with E-state index in [0.717, 1.165) is 22.3 Å². The van der Waals surface area contributed by atoms with Gasteiger partial charge in [0.1, 0.15) is 43.2 Å². The largest absolute Gasteiger partial charge is 0.479 e. The van der Waals surface area contributed by atoms with E-state index in [9.17, 15) is 40.7 Å². The summed E-state index contributed by atoms with van der Waals surface area (Å²) in [6.45, 7) is -0.0860. The van der Waals surface area contributed by atoms with Crippen LogP contribution in [0.4, 0.5) is 4.79 Å². The minimum atomic E-state index is -1.81. The summed E-state index contributed by atoms with van der Waals surface area (Å²) < 4.78 is 41.9. The number of benzene rings is 4. The zero-order chi connectivity index (χ0) is 46.0. The van der Waals surface area contributed by atoms with E-state index in [4.69, 9.17) is 33.2 Å². The molecule has 0 unspecified atom stereocenters. The monoisotopic (exact) mass is 900 g/mol. The summed E-state index contributed by atoms with van der Waals surface area (Å²) in [4.78, 5) is 30.7. The van der Waals surface area contributed by atoms with Crippen LogP contribution in [0.25, 0.3) is 10.4 Å². The molecule has 0 radical (unpaired) electrons. The average Bonchev–Trinajstić information content (AvgIpc) is 3.33. The third-order valence-corrected chi connectivity index (χ3v) is 11.0. The Balaban J connectivity index is 1.11. The minimum absolute atomic E-state index is 0.0170. The lowest BCUT2D eigenvalue weighted by atomic mass is 9.95. The van der Waals surface area contributed by atoms with Crippen molar-refractivity contribution in [1.29, 1.82) is 0 Å². The Labute approximate surface area is 376 Å². The number of rotatable bonds is 23. The number of ether oxygens (including phenoxy) is 7. The van der Waals surface area contributed by atoms with E-state index in [1.807, 2.05) is 42.5 Å². The number of aliphatic carboxylic acids is 1. The Hall–Kier alpha value is -5.47. The maximum Gasteiger partial charge on any atom is 0.410 e. The number of carboxylic acids is 1. The van der Waals surface area contributed by atoms with Crippen LogP contribution in [0, 0.1) is 0 Å². The molecule has 2 saturated heterocycles. The predicted molar refractivity (Wildman–Crippen MR) is 231 cm³/mol. The Kier molecular flexibility index (Phi) is 19.1. The minimum Gasteiger partial charge on any atom is -0.479 e. The number of carbonyl (C=O) groups excluding carboxylic acids is 1. The topological polar surface area (TPSA) is 252 Å². The van der Waals surface area contributed by atoms with Crippen LogP contribution in [0.2, 0.25) is 0 Å². The Morgan fingerprint density at radius 2 is 1.25 bits per heavy atom. The number of hydrogen-bond acceptors (Lipinski definition) is 14. The van der Waals surface area contributed by atoms with E-state index in [1.54, 1.807) is 77.7 Å². The first-order valence-corrected chi connectivity index (χ1v) is 21.5. The van der Waals surface area contributed by atoms with Crippen LogP contribution in [-0.4, -0.2) is 124 Å². The summed E-state index contributed by atoms with van der Waals surface area (Å²) in [5.41, 5.74) is 13.5. The molecule has 0 spiro atoms. The first kappa shape index (κ1) is 49.0. The summed E-state index contributed by atoms with van der Waals surface area (Å²) in [7, 11) is 0. The third kappa shape index (κ3) is 14.0. The molecule has 4 aromatic carbocycles. The number of aliphatic hydroxyl groups excluding tert-OH is 4. The van der Waals surface area contributed by atoms with E-state index >= 15 is 0 Å². The normalized spacial score (nSPS) is 25.3. The van der Waals surface area contributed by atoms with Gasteiger partial charge in [0.15, 0.2) is 18.7 Å². The van der Waals surface area contributed by atoms with Crippen molar-refractivity contribution in [3.8, 4) is 0 Å². The van der Waals surface area contributed by atoms with Crippen LogP contribution >= 0.6 is 0 Å². The second kappa shape index (κ2) is 25.3. The quantitative estimate of drug-likeness (QED) is 0.0285. The maximum absolute atomic E-state index is 13.3. The van der Waals surface area contributed by atoms with Crippen molar-refractivity contribution >= 4 is 12.1 Å². The van der Waals surface area contributed by atoms with Crippen molar-refractivity contribution in [3.63, 3.8) is 0 Å². The Bertz CT molecular complexity index is 2080. The smallest absolute Gasteiger partial charge is 0.410 e. The number of nitrogens with zero attached hydrogens (tertiary/aromatic N) is 4. The van der Waals surface area contributed by atoms with E-state index in [-0.39, 0.29) is 33.0 Å². The Morgan fingerprint density at radius 3 is 1.83 bits per heavy atom. The van der Waals surface area contributed by atoms with Crippen molar-refractivity contribution in [2.75, 3.05) is 19.8 Å². The van der Waals surface area contributed by atoms with E-state index in [2.05, 4.69) is 10.0 Å². The highest BCUT2D eigenvalue weighted by Gasteiger charge is 2.54.